The van der Waals surface area contributed by atoms with Gasteiger partial charge in [-0.2, -0.15) is 0 Å². The Bertz CT molecular complexity index is 137. The van der Waals surface area contributed by atoms with Crippen LogP contribution in [0.1, 0.15) is 19.3 Å². The molecule has 0 amide bonds. The van der Waals surface area contributed by atoms with Crippen LogP contribution in [0.15, 0.2) is 0 Å². The Hall–Kier alpha value is 0.430. The average molecular weight is 233 g/mol. The third kappa shape index (κ3) is 5.01. The van der Waals surface area contributed by atoms with E-state index in [0.29, 0.717) is 12.8 Å². The van der Waals surface area contributed by atoms with Crippen molar-refractivity contribution in [1.29, 1.82) is 0 Å². The zero-order valence-corrected chi connectivity index (χ0v) is 9.59. The third-order valence-corrected chi connectivity index (χ3v) is 2.47. The smallest absolute Gasteiger partial charge is 0.124 e. The van der Waals surface area contributed by atoms with Crippen molar-refractivity contribution >= 4 is 24.8 Å². The molecule has 82 valence electrons. The number of hydrogen-bond acceptors (Lipinski definition) is 2. The zero-order valence-electron chi connectivity index (χ0n) is 7.96. The summed E-state index contributed by atoms with van der Waals surface area (Å²) in [5.41, 5.74) is 4.28. The van der Waals surface area contributed by atoms with Gasteiger partial charge < -0.3 is 10.6 Å². The second-order valence-corrected chi connectivity index (χ2v) is 3.51. The van der Waals surface area contributed by atoms with E-state index in [2.05, 4.69) is 4.90 Å². The van der Waals surface area contributed by atoms with Crippen molar-refractivity contribution in [2.75, 3.05) is 26.7 Å². The van der Waals surface area contributed by atoms with Gasteiger partial charge in [0, 0.05) is 13.1 Å². The second-order valence-electron chi connectivity index (χ2n) is 3.51. The van der Waals surface area contributed by atoms with Gasteiger partial charge in [0.2, 0.25) is 0 Å². The third-order valence-electron chi connectivity index (χ3n) is 2.47. The van der Waals surface area contributed by atoms with Crippen LogP contribution < -0.4 is 5.73 Å². The van der Waals surface area contributed by atoms with Gasteiger partial charge in [0.1, 0.15) is 5.67 Å². The molecule has 2 nitrogen and oxygen atoms in total. The predicted molar refractivity (Wildman–Crippen MR) is 58.7 cm³/mol. The van der Waals surface area contributed by atoms with E-state index in [1.165, 1.54) is 0 Å². The topological polar surface area (TPSA) is 29.3 Å². The van der Waals surface area contributed by atoms with Crippen molar-refractivity contribution in [1.82, 2.24) is 4.90 Å². The molecule has 1 unspecified atom stereocenters. The molecule has 0 saturated carbocycles. The molecule has 0 aliphatic carbocycles. The summed E-state index contributed by atoms with van der Waals surface area (Å²) in [4.78, 5) is 2.16. The van der Waals surface area contributed by atoms with Gasteiger partial charge in [0.05, 0.1) is 0 Å². The second kappa shape index (κ2) is 6.82. The first-order valence-corrected chi connectivity index (χ1v) is 4.24. The summed E-state index contributed by atoms with van der Waals surface area (Å²) in [6.45, 7) is 2.03. The Morgan fingerprint density at radius 2 is 1.92 bits per heavy atom. The normalized spacial score (nSPS) is 29.8. The first kappa shape index (κ1) is 15.9. The summed E-state index contributed by atoms with van der Waals surface area (Å²) < 4.78 is 13.6. The zero-order chi connectivity index (χ0) is 8.32. The fraction of sp³-hybridized carbons (Fsp3) is 1.00. The minimum atomic E-state index is -1.08. The summed E-state index contributed by atoms with van der Waals surface area (Å²) in [5, 5.41) is 0. The number of hydrogen-bond donors (Lipinski definition) is 1. The highest BCUT2D eigenvalue weighted by Gasteiger charge is 2.29. The number of alkyl halides is 1. The molecule has 5 heteroatoms. The molecule has 1 rings (SSSR count). The molecule has 1 heterocycles. The maximum absolute atomic E-state index is 13.6. The van der Waals surface area contributed by atoms with Gasteiger partial charge in [-0.15, -0.1) is 24.8 Å². The van der Waals surface area contributed by atoms with Gasteiger partial charge in [-0.1, -0.05) is 0 Å². The van der Waals surface area contributed by atoms with Crippen LogP contribution in [0.5, 0.6) is 0 Å². The molecular weight excluding hydrogens is 214 g/mol. The molecule has 0 aromatic rings. The Kier molecular flexibility index (Phi) is 8.33. The summed E-state index contributed by atoms with van der Waals surface area (Å²) in [5.74, 6) is 0. The lowest BCUT2D eigenvalue weighted by Crippen LogP contribution is -2.33. The average Bonchev–Trinajstić information content (AvgIpc) is 2.15. The fourth-order valence-corrected chi connectivity index (χ4v) is 1.50. The SMILES string of the molecule is CN1CCCC(F)(CN)CC1.Cl.Cl. The van der Waals surface area contributed by atoms with Crippen LogP contribution in [-0.2, 0) is 0 Å². The molecule has 1 saturated heterocycles. The van der Waals surface area contributed by atoms with Gasteiger partial charge in [-0.05, 0) is 32.9 Å². The van der Waals surface area contributed by atoms with E-state index in [9.17, 15) is 4.39 Å². The molecule has 1 fully saturated rings. The van der Waals surface area contributed by atoms with Crippen molar-refractivity contribution in [3.05, 3.63) is 0 Å². The van der Waals surface area contributed by atoms with Gasteiger partial charge in [0.15, 0.2) is 0 Å². The van der Waals surface area contributed by atoms with Crippen LogP contribution >= 0.6 is 24.8 Å². The molecular formula is C8H19Cl2FN2. The molecule has 1 aliphatic heterocycles. The maximum atomic E-state index is 13.6. The number of likely N-dealkylation sites (tertiary alicyclic amines) is 1. The molecule has 0 radical (unpaired) electrons. The van der Waals surface area contributed by atoms with Crippen LogP contribution in [-0.4, -0.2) is 37.3 Å². The van der Waals surface area contributed by atoms with Crippen molar-refractivity contribution in [2.45, 2.75) is 24.9 Å². The first-order valence-electron chi connectivity index (χ1n) is 4.24. The predicted octanol–water partition coefficient (Wildman–Crippen LogP) is 1.61. The standard InChI is InChI=1S/C8H17FN2.2ClH/c1-11-5-2-3-8(9,7-10)4-6-11;;/h2-7,10H2,1H3;2*1H. The van der Waals surface area contributed by atoms with E-state index in [-0.39, 0.29) is 31.4 Å². The lowest BCUT2D eigenvalue weighted by Gasteiger charge is -2.20. The van der Waals surface area contributed by atoms with Crippen molar-refractivity contribution in [3.8, 4) is 0 Å². The Morgan fingerprint density at radius 3 is 2.46 bits per heavy atom. The summed E-state index contributed by atoms with van der Waals surface area (Å²) >= 11 is 0. The molecule has 0 aromatic carbocycles. The van der Waals surface area contributed by atoms with Crippen LogP contribution in [0.2, 0.25) is 0 Å². The lowest BCUT2D eigenvalue weighted by atomic mass is 9.97. The number of nitrogens with zero attached hydrogens (tertiary/aromatic N) is 1. The van der Waals surface area contributed by atoms with Gasteiger partial charge in [-0.3, -0.25) is 0 Å². The van der Waals surface area contributed by atoms with Gasteiger partial charge in [0.25, 0.3) is 0 Å². The monoisotopic (exact) mass is 232 g/mol. The largest absolute Gasteiger partial charge is 0.328 e. The summed E-state index contributed by atoms with van der Waals surface area (Å²) in [6, 6.07) is 0. The molecule has 13 heavy (non-hydrogen) atoms. The van der Waals surface area contributed by atoms with E-state index in [1.807, 2.05) is 7.05 Å². The minimum absolute atomic E-state index is 0. The molecule has 2 N–H and O–H groups in total. The fourth-order valence-electron chi connectivity index (χ4n) is 1.50. The van der Waals surface area contributed by atoms with E-state index in [1.54, 1.807) is 0 Å². The molecule has 0 spiro atoms. The number of rotatable bonds is 1. The summed E-state index contributed by atoms with van der Waals surface area (Å²) in [7, 11) is 2.03. The molecule has 0 aromatic heterocycles. The summed E-state index contributed by atoms with van der Waals surface area (Å²) in [6.07, 6.45) is 2.16. The first-order chi connectivity index (χ1) is 5.16. The minimum Gasteiger partial charge on any atom is -0.328 e. The highest BCUT2D eigenvalue weighted by molar-refractivity contribution is 5.85. The quantitative estimate of drug-likeness (QED) is 0.745. The van der Waals surface area contributed by atoms with Crippen LogP contribution in [0, 0.1) is 0 Å². The van der Waals surface area contributed by atoms with E-state index >= 15 is 0 Å². The number of nitrogens with two attached hydrogens (primary N) is 1. The van der Waals surface area contributed by atoms with Crippen molar-refractivity contribution in [2.24, 2.45) is 5.73 Å². The van der Waals surface area contributed by atoms with Crippen LogP contribution in [0.3, 0.4) is 0 Å². The van der Waals surface area contributed by atoms with E-state index in [0.717, 1.165) is 19.5 Å². The highest BCUT2D eigenvalue weighted by atomic mass is 35.5. The van der Waals surface area contributed by atoms with E-state index in [4.69, 9.17) is 5.73 Å². The Labute approximate surface area is 91.9 Å². The molecule has 0 bridgehead atoms. The Balaban J connectivity index is 0. The number of halogens is 3. The van der Waals surface area contributed by atoms with Crippen LogP contribution in [0.25, 0.3) is 0 Å². The van der Waals surface area contributed by atoms with Crippen molar-refractivity contribution in [3.63, 3.8) is 0 Å². The molecule has 1 aliphatic rings. The van der Waals surface area contributed by atoms with Gasteiger partial charge in [-0.25, -0.2) is 4.39 Å². The van der Waals surface area contributed by atoms with E-state index < -0.39 is 5.67 Å². The molecule has 1 atom stereocenters. The van der Waals surface area contributed by atoms with Gasteiger partial charge >= 0.3 is 0 Å². The van der Waals surface area contributed by atoms with Crippen LogP contribution in [0.4, 0.5) is 4.39 Å². The maximum Gasteiger partial charge on any atom is 0.124 e. The van der Waals surface area contributed by atoms with Crippen molar-refractivity contribution < 1.29 is 4.39 Å². The highest BCUT2D eigenvalue weighted by Crippen LogP contribution is 2.24. The lowest BCUT2D eigenvalue weighted by molar-refractivity contribution is 0.150. The Morgan fingerprint density at radius 1 is 1.31 bits per heavy atom.